The van der Waals surface area contributed by atoms with Crippen molar-refractivity contribution < 1.29 is 15.0 Å². The molecule has 0 atom stereocenters. The molecule has 0 amide bonds. The van der Waals surface area contributed by atoms with Crippen molar-refractivity contribution in [3.8, 4) is 0 Å². The van der Waals surface area contributed by atoms with E-state index in [-0.39, 0.29) is 21.3 Å². The summed E-state index contributed by atoms with van der Waals surface area (Å²) in [5.41, 5.74) is 0. The first-order valence-electron chi connectivity index (χ1n) is 0.941. The van der Waals surface area contributed by atoms with Crippen LogP contribution in [0.15, 0.2) is 0 Å². The first kappa shape index (κ1) is 32.1. The topological polar surface area (TPSA) is 57.5 Å². The van der Waals surface area contributed by atoms with Crippen molar-refractivity contribution in [2.45, 2.75) is 14.9 Å². The summed E-state index contributed by atoms with van der Waals surface area (Å²) in [6.07, 6.45) is 0. The van der Waals surface area contributed by atoms with Gasteiger partial charge in [-0.2, -0.15) is 0 Å². The third-order valence-corrected chi connectivity index (χ3v) is 0. The summed E-state index contributed by atoms with van der Waals surface area (Å²) in [6, 6.07) is 0. The number of hydrogen-bond donors (Lipinski definition) is 2. The van der Waals surface area contributed by atoms with E-state index in [1.54, 1.807) is 0 Å². The highest BCUT2D eigenvalue weighted by molar-refractivity contribution is 5.32. The van der Waals surface area contributed by atoms with E-state index in [0.29, 0.717) is 0 Å². The second-order valence-corrected chi connectivity index (χ2v) is 0.105. The Kier molecular flexibility index (Phi) is 2640. The quantitative estimate of drug-likeness (QED) is 0.448. The summed E-state index contributed by atoms with van der Waals surface area (Å²) in [4.78, 5) is 8.36. The second kappa shape index (κ2) is 576. The molecule has 0 spiro atoms. The fourth-order valence-corrected chi connectivity index (χ4v) is 0. The van der Waals surface area contributed by atoms with Gasteiger partial charge >= 0.3 is 0 Å². The van der Waals surface area contributed by atoms with Gasteiger partial charge < -0.3 is 10.2 Å². The van der Waals surface area contributed by atoms with Crippen molar-refractivity contribution in [2.75, 3.05) is 7.11 Å². The fourth-order valence-electron chi connectivity index (χ4n) is 0. The zero-order valence-electron chi connectivity index (χ0n) is 2.88. The predicted octanol–water partition coefficient (Wildman–Crippen LogP) is 0.582. The van der Waals surface area contributed by atoms with E-state index in [1.165, 1.54) is 0 Å². The van der Waals surface area contributed by atoms with E-state index in [2.05, 4.69) is 0 Å². The zero-order chi connectivity index (χ0) is 4.71. The van der Waals surface area contributed by atoms with Crippen molar-refractivity contribution in [1.82, 2.24) is 0 Å². The van der Waals surface area contributed by atoms with Gasteiger partial charge in [0.1, 0.15) is 0 Å². The van der Waals surface area contributed by atoms with Crippen molar-refractivity contribution in [2.24, 2.45) is 0 Å². The molecule has 0 saturated carbocycles. The summed E-state index contributed by atoms with van der Waals surface area (Å²) in [5, 5.41) is 13.9. The molecule has 0 aliphatic heterocycles. The molecule has 0 aromatic carbocycles. The summed E-state index contributed by atoms with van der Waals surface area (Å²) in [6.45, 7) is -0.250. The maximum atomic E-state index is 8.36. The van der Waals surface area contributed by atoms with Gasteiger partial charge in [-0.25, -0.2) is 0 Å². The molecular formula is C4H14O3. The lowest BCUT2D eigenvalue weighted by molar-refractivity contribution is -0.122. The van der Waals surface area contributed by atoms with E-state index in [1.807, 2.05) is 0 Å². The highest BCUT2D eigenvalue weighted by Crippen LogP contribution is 0.966. The summed E-state index contributed by atoms with van der Waals surface area (Å²) in [5.74, 6) is 0. The maximum absolute atomic E-state index is 8.36. The molecule has 3 nitrogen and oxygen atoms in total. The minimum atomic E-state index is -0.250. The van der Waals surface area contributed by atoms with E-state index < -0.39 is 0 Å². The van der Waals surface area contributed by atoms with Gasteiger partial charge in [0, 0.05) is 7.11 Å². The monoisotopic (exact) mass is 110 g/mol. The molecule has 0 rings (SSSR count). The standard InChI is InChI=1S/CH2O2.CH4O.2CH4/c2-1-3;1-2;;/h1H,(H,2,3);2H,1H3;2*1H4. The molecule has 0 aliphatic carbocycles. The third kappa shape index (κ3) is 197. The number of carbonyl (C=O) groups is 1. The Morgan fingerprint density at radius 1 is 1.29 bits per heavy atom. The van der Waals surface area contributed by atoms with Gasteiger partial charge in [-0.05, 0) is 0 Å². The molecule has 0 radical (unpaired) electrons. The van der Waals surface area contributed by atoms with Gasteiger partial charge in [0.25, 0.3) is 6.47 Å². The molecule has 0 unspecified atom stereocenters. The molecule has 0 saturated heterocycles. The van der Waals surface area contributed by atoms with E-state index in [4.69, 9.17) is 15.0 Å². The summed E-state index contributed by atoms with van der Waals surface area (Å²) in [7, 11) is 1.00. The molecule has 0 fully saturated rings. The molecule has 0 bridgehead atoms. The minimum Gasteiger partial charge on any atom is -0.483 e. The van der Waals surface area contributed by atoms with Gasteiger partial charge in [0.2, 0.25) is 0 Å². The average Bonchev–Trinajstić information content (AvgIpc) is 1.46. The highest BCUT2D eigenvalue weighted by Gasteiger charge is 1.22. The van der Waals surface area contributed by atoms with Crippen LogP contribution in [0.4, 0.5) is 0 Å². The van der Waals surface area contributed by atoms with Crippen LogP contribution in [0.2, 0.25) is 0 Å². The molecule has 48 valence electrons. The molecule has 0 aromatic heterocycles. The minimum absolute atomic E-state index is 0. The lowest BCUT2D eigenvalue weighted by atomic mass is 11.7. The Balaban J connectivity index is -0.0000000105. The van der Waals surface area contributed by atoms with E-state index in [9.17, 15) is 0 Å². The first-order valence-corrected chi connectivity index (χ1v) is 0.941. The Morgan fingerprint density at radius 3 is 1.29 bits per heavy atom. The Hall–Kier alpha value is -0.570. The molecule has 3 heteroatoms. The van der Waals surface area contributed by atoms with Crippen LogP contribution in [0.3, 0.4) is 0 Å². The van der Waals surface area contributed by atoms with Crippen molar-refractivity contribution in [1.29, 1.82) is 0 Å². The van der Waals surface area contributed by atoms with Crippen LogP contribution in [0, 0.1) is 0 Å². The second-order valence-electron chi connectivity index (χ2n) is 0.105. The average molecular weight is 110 g/mol. The fraction of sp³-hybridized carbons (Fsp3) is 0.750. The van der Waals surface area contributed by atoms with Crippen LogP contribution in [0.5, 0.6) is 0 Å². The highest BCUT2D eigenvalue weighted by atomic mass is 16.3. The van der Waals surface area contributed by atoms with Crippen LogP contribution in [0.1, 0.15) is 14.9 Å². The van der Waals surface area contributed by atoms with Gasteiger partial charge in [-0.15, -0.1) is 0 Å². The van der Waals surface area contributed by atoms with Gasteiger partial charge in [0.15, 0.2) is 0 Å². The number of aliphatic hydroxyl groups is 1. The number of hydrogen-bond acceptors (Lipinski definition) is 2. The van der Waals surface area contributed by atoms with Crippen molar-refractivity contribution >= 4 is 6.47 Å². The number of carboxylic acid groups (broad SMARTS) is 1. The molecule has 2 N–H and O–H groups in total. The maximum Gasteiger partial charge on any atom is 0.290 e. The third-order valence-electron chi connectivity index (χ3n) is 0. The van der Waals surface area contributed by atoms with Crippen LogP contribution in [0.25, 0.3) is 0 Å². The number of aliphatic hydroxyl groups excluding tert-OH is 1. The number of rotatable bonds is 0. The summed E-state index contributed by atoms with van der Waals surface area (Å²) < 4.78 is 0. The van der Waals surface area contributed by atoms with Crippen LogP contribution >= 0.6 is 0 Å². The lowest BCUT2D eigenvalue weighted by Gasteiger charge is -1.34. The Morgan fingerprint density at radius 2 is 1.29 bits per heavy atom. The normalized spacial score (nSPS) is 2.57. The lowest BCUT2D eigenvalue weighted by Crippen LogP contribution is -1.49. The molecule has 0 aromatic rings. The Bertz CT molecular complexity index is 14.4. The predicted molar refractivity (Wildman–Crippen MR) is 30.3 cm³/mol. The van der Waals surface area contributed by atoms with Crippen LogP contribution < -0.4 is 0 Å². The van der Waals surface area contributed by atoms with Gasteiger partial charge in [0.05, 0.1) is 0 Å². The first-order chi connectivity index (χ1) is 2.41. The summed E-state index contributed by atoms with van der Waals surface area (Å²) >= 11 is 0. The molecule has 7 heavy (non-hydrogen) atoms. The van der Waals surface area contributed by atoms with Gasteiger partial charge in [-0.1, -0.05) is 14.9 Å². The molecular weight excluding hydrogens is 96.0 g/mol. The molecule has 0 aliphatic rings. The van der Waals surface area contributed by atoms with Gasteiger partial charge in [-0.3, -0.25) is 4.79 Å². The van der Waals surface area contributed by atoms with Crippen LogP contribution in [-0.4, -0.2) is 23.8 Å². The Labute approximate surface area is 44.6 Å². The van der Waals surface area contributed by atoms with E-state index >= 15 is 0 Å². The van der Waals surface area contributed by atoms with Crippen LogP contribution in [-0.2, 0) is 4.79 Å². The zero-order valence-corrected chi connectivity index (χ0v) is 2.88. The smallest absolute Gasteiger partial charge is 0.290 e. The van der Waals surface area contributed by atoms with Crippen molar-refractivity contribution in [3.05, 3.63) is 0 Å². The molecule has 0 heterocycles. The SMILES string of the molecule is C.C.CO.O=CO. The van der Waals surface area contributed by atoms with Crippen molar-refractivity contribution in [3.63, 3.8) is 0 Å². The van der Waals surface area contributed by atoms with E-state index in [0.717, 1.165) is 7.11 Å². The largest absolute Gasteiger partial charge is 0.483 e.